The molecule has 11 heteroatoms. The fourth-order valence-corrected chi connectivity index (χ4v) is 9.09. The molecule has 226 valence electrons. The molecule has 0 N–H and O–H groups in total. The van der Waals surface area contributed by atoms with Gasteiger partial charge in [0.05, 0.1) is 0 Å². The van der Waals surface area contributed by atoms with Crippen molar-refractivity contribution < 1.29 is 52.5 Å². The maximum absolute atomic E-state index is 14.7. The van der Waals surface area contributed by atoms with Gasteiger partial charge in [-0.15, -0.1) is 0 Å². The van der Waals surface area contributed by atoms with Crippen LogP contribution in [-0.2, 0) is 52.5 Å². The van der Waals surface area contributed by atoms with E-state index in [1.165, 1.54) is 20.8 Å². The molecule has 0 amide bonds. The largest absolute Gasteiger partial charge is 0.462 e. The highest BCUT2D eigenvalue weighted by Crippen LogP contribution is 2.74. The van der Waals surface area contributed by atoms with Crippen molar-refractivity contribution in [3.63, 3.8) is 0 Å². The van der Waals surface area contributed by atoms with Crippen LogP contribution in [0.4, 0.5) is 0 Å². The summed E-state index contributed by atoms with van der Waals surface area (Å²) in [7, 11) is 0. The van der Waals surface area contributed by atoms with Gasteiger partial charge < -0.3 is 23.7 Å². The van der Waals surface area contributed by atoms with Crippen molar-refractivity contribution in [2.75, 3.05) is 0 Å². The normalized spacial score (nSPS) is 40.4. The Bertz CT molecular complexity index is 1220. The van der Waals surface area contributed by atoms with E-state index in [1.54, 1.807) is 0 Å². The van der Waals surface area contributed by atoms with Crippen LogP contribution in [0.5, 0.6) is 0 Å². The number of ketones is 1. The van der Waals surface area contributed by atoms with E-state index in [-0.39, 0.29) is 29.7 Å². The Labute approximate surface area is 239 Å². The minimum atomic E-state index is -1.88. The number of hydrogen-bond donors (Lipinski definition) is 0. The first-order valence-electron chi connectivity index (χ1n) is 14.0. The maximum Gasteiger partial charge on any atom is 0.303 e. The standard InChI is InChI=1S/C30H40O11/c1-14-25(36)30-23(39-17(4)33)12-21-27(7,8)11-10-22(38-16(3)32)28(21,9)24(30)20(37-15(2)31)13-29(14,41-19(6)35)26(30)40-18(5)34/h20-24,26H,1,10-13H2,2-9H3/t20-,21+,22+,23+,24?,26?,28-,29+,30?/m0/s1. The molecular formula is C30H40O11. The highest BCUT2D eigenvalue weighted by molar-refractivity contribution is 6.07. The zero-order valence-corrected chi connectivity index (χ0v) is 25.0. The third kappa shape index (κ3) is 4.37. The summed E-state index contributed by atoms with van der Waals surface area (Å²) in [5, 5.41) is 0. The van der Waals surface area contributed by atoms with Crippen molar-refractivity contribution in [1.29, 1.82) is 0 Å². The van der Waals surface area contributed by atoms with Crippen LogP contribution in [0.2, 0.25) is 0 Å². The first-order valence-corrected chi connectivity index (χ1v) is 14.0. The summed E-state index contributed by atoms with van der Waals surface area (Å²) >= 11 is 0. The van der Waals surface area contributed by atoms with Gasteiger partial charge in [-0.25, -0.2) is 0 Å². The third-order valence-corrected chi connectivity index (χ3v) is 10.1. The van der Waals surface area contributed by atoms with Crippen molar-refractivity contribution in [3.8, 4) is 0 Å². The van der Waals surface area contributed by atoms with Crippen LogP contribution >= 0.6 is 0 Å². The number of ether oxygens (including phenoxy) is 5. The minimum Gasteiger partial charge on any atom is -0.462 e. The van der Waals surface area contributed by atoms with Crippen LogP contribution in [-0.4, -0.2) is 65.6 Å². The van der Waals surface area contributed by atoms with Crippen molar-refractivity contribution in [3.05, 3.63) is 12.2 Å². The number of fused-ring (bicyclic) bond motifs is 3. The number of carbonyl (C=O) groups excluding carboxylic acids is 6. The quantitative estimate of drug-likeness (QED) is 0.270. The molecule has 0 saturated heterocycles. The van der Waals surface area contributed by atoms with Gasteiger partial charge in [0.2, 0.25) is 0 Å². The van der Waals surface area contributed by atoms with E-state index < -0.39 is 82.4 Å². The fourth-order valence-electron chi connectivity index (χ4n) is 9.09. The van der Waals surface area contributed by atoms with Crippen LogP contribution in [0.1, 0.15) is 81.1 Å². The molecule has 9 atom stereocenters. The molecule has 0 aromatic carbocycles. The lowest BCUT2D eigenvalue weighted by Crippen LogP contribution is -2.76. The Morgan fingerprint density at radius 2 is 1.32 bits per heavy atom. The molecule has 1 spiro atoms. The average Bonchev–Trinajstić information content (AvgIpc) is 2.91. The minimum absolute atomic E-state index is 0.142. The molecule has 4 saturated carbocycles. The van der Waals surface area contributed by atoms with Crippen molar-refractivity contribution in [2.24, 2.45) is 28.1 Å². The van der Waals surface area contributed by atoms with Gasteiger partial charge in [0.25, 0.3) is 0 Å². The van der Waals surface area contributed by atoms with Gasteiger partial charge >= 0.3 is 29.8 Å². The average molecular weight is 577 g/mol. The molecular weight excluding hydrogens is 536 g/mol. The SMILES string of the molecule is C=C1C(=O)C23C([C@@H](OC(C)=O)C[C@]1(OC(C)=O)C2OC(C)=O)[C@@]1(C)[C@H](C[C@H]3OC(C)=O)C(C)(C)CC[C@H]1OC(C)=O. The first kappa shape index (κ1) is 30.7. The van der Waals surface area contributed by atoms with E-state index in [0.29, 0.717) is 12.8 Å². The van der Waals surface area contributed by atoms with Gasteiger partial charge in [0.15, 0.2) is 17.5 Å². The summed E-state index contributed by atoms with van der Waals surface area (Å²) in [6.07, 6.45) is -3.36. The molecule has 4 aliphatic carbocycles. The number of hydrogen-bond acceptors (Lipinski definition) is 11. The first-order chi connectivity index (χ1) is 18.8. The zero-order valence-electron chi connectivity index (χ0n) is 25.0. The van der Waals surface area contributed by atoms with Crippen molar-refractivity contribution in [2.45, 2.75) is 111 Å². The molecule has 0 aliphatic heterocycles. The summed E-state index contributed by atoms with van der Waals surface area (Å²) in [4.78, 5) is 77.5. The molecule has 0 heterocycles. The summed E-state index contributed by atoms with van der Waals surface area (Å²) in [5.74, 6) is -5.25. The summed E-state index contributed by atoms with van der Waals surface area (Å²) in [5.41, 5.74) is -5.30. The smallest absolute Gasteiger partial charge is 0.303 e. The molecule has 4 aliphatic rings. The second kappa shape index (κ2) is 9.94. The van der Waals surface area contributed by atoms with Crippen LogP contribution < -0.4 is 0 Å². The van der Waals surface area contributed by atoms with Crippen LogP contribution in [0, 0.1) is 28.1 Å². The maximum atomic E-state index is 14.7. The van der Waals surface area contributed by atoms with Crippen LogP contribution in [0.25, 0.3) is 0 Å². The fraction of sp³-hybridized carbons (Fsp3) is 0.733. The van der Waals surface area contributed by atoms with Gasteiger partial charge in [-0.05, 0) is 30.6 Å². The molecule has 3 unspecified atom stereocenters. The molecule has 2 bridgehead atoms. The Morgan fingerprint density at radius 3 is 1.83 bits per heavy atom. The lowest BCUT2D eigenvalue weighted by molar-refractivity contribution is -0.299. The van der Waals surface area contributed by atoms with Gasteiger partial charge in [-0.1, -0.05) is 27.4 Å². The monoisotopic (exact) mass is 576 g/mol. The molecule has 0 aromatic rings. The molecule has 0 aromatic heterocycles. The second-order valence-corrected chi connectivity index (χ2v) is 12.9. The highest BCUT2D eigenvalue weighted by Gasteiger charge is 2.85. The van der Waals surface area contributed by atoms with E-state index in [2.05, 4.69) is 20.4 Å². The van der Waals surface area contributed by atoms with Gasteiger partial charge in [-0.2, -0.15) is 0 Å². The van der Waals surface area contributed by atoms with Gasteiger partial charge in [0.1, 0.15) is 23.7 Å². The lowest BCUT2D eigenvalue weighted by atomic mass is 9.38. The van der Waals surface area contributed by atoms with Gasteiger partial charge in [-0.3, -0.25) is 28.8 Å². The third-order valence-electron chi connectivity index (χ3n) is 10.1. The Kier molecular flexibility index (Phi) is 7.45. The van der Waals surface area contributed by atoms with E-state index in [4.69, 9.17) is 23.7 Å². The molecule has 0 radical (unpaired) electrons. The molecule has 11 nitrogen and oxygen atoms in total. The predicted molar refractivity (Wildman–Crippen MR) is 141 cm³/mol. The lowest BCUT2D eigenvalue weighted by Gasteiger charge is -2.68. The van der Waals surface area contributed by atoms with Crippen molar-refractivity contribution >= 4 is 35.6 Å². The molecule has 41 heavy (non-hydrogen) atoms. The number of esters is 5. The Morgan fingerprint density at radius 1 is 0.780 bits per heavy atom. The molecule has 4 fully saturated rings. The van der Waals surface area contributed by atoms with E-state index in [1.807, 2.05) is 6.92 Å². The van der Waals surface area contributed by atoms with E-state index in [0.717, 1.165) is 13.8 Å². The topological polar surface area (TPSA) is 149 Å². The summed E-state index contributed by atoms with van der Waals surface area (Å²) in [6.45, 7) is 16.1. The van der Waals surface area contributed by atoms with E-state index in [9.17, 15) is 28.8 Å². The predicted octanol–water partition coefficient (Wildman–Crippen LogP) is 3.01. The Hall–Kier alpha value is -3.24. The number of rotatable bonds is 5. The Balaban J connectivity index is 2.13. The van der Waals surface area contributed by atoms with Crippen molar-refractivity contribution in [1.82, 2.24) is 0 Å². The van der Waals surface area contributed by atoms with E-state index >= 15 is 0 Å². The van der Waals surface area contributed by atoms with Crippen LogP contribution in [0.15, 0.2) is 12.2 Å². The van der Waals surface area contributed by atoms with Crippen LogP contribution in [0.3, 0.4) is 0 Å². The molecule has 4 rings (SSSR count). The second-order valence-electron chi connectivity index (χ2n) is 12.9. The summed E-state index contributed by atoms with van der Waals surface area (Å²) in [6, 6.07) is 0. The highest BCUT2D eigenvalue weighted by atomic mass is 16.6. The number of carbonyl (C=O) groups is 6. The number of Topliss-reactive ketones (excluding diaryl/α,β-unsaturated/α-hetero) is 1. The van der Waals surface area contributed by atoms with Gasteiger partial charge in [0, 0.05) is 57.9 Å². The zero-order chi connectivity index (χ0) is 30.9. The summed E-state index contributed by atoms with van der Waals surface area (Å²) < 4.78 is 29.5.